The molecule has 11 atom stereocenters. The molecule has 4 rings (SSSR count). The lowest BCUT2D eigenvalue weighted by atomic mass is 9.42. The van der Waals surface area contributed by atoms with E-state index in [0.717, 1.165) is 94.3 Å². The summed E-state index contributed by atoms with van der Waals surface area (Å²) in [4.78, 5) is 11.9. The van der Waals surface area contributed by atoms with Gasteiger partial charge in [-0.3, -0.25) is 4.79 Å². The van der Waals surface area contributed by atoms with Gasteiger partial charge in [0.2, 0.25) is 0 Å². The Bertz CT molecular complexity index is 898. The number of fused-ring (bicyclic) bond motifs is 5. The normalized spacial score (nSPS) is 40.4. The summed E-state index contributed by atoms with van der Waals surface area (Å²) >= 11 is 0. The van der Waals surface area contributed by atoms with E-state index in [2.05, 4.69) is 52.2 Å². The molecule has 0 unspecified atom stereocenters. The van der Waals surface area contributed by atoms with E-state index in [1.54, 1.807) is 0 Å². The van der Waals surface area contributed by atoms with E-state index in [0.29, 0.717) is 23.7 Å². The van der Waals surface area contributed by atoms with E-state index in [1.807, 2.05) is 0 Å². The van der Waals surface area contributed by atoms with Crippen molar-refractivity contribution < 1.29 is 14.6 Å². The van der Waals surface area contributed by atoms with Crippen LogP contribution in [-0.2, 0) is 9.53 Å². The number of unbranched alkanes of at least 4 members (excludes halogenated alkanes) is 1. The van der Waals surface area contributed by atoms with Gasteiger partial charge < -0.3 is 26.2 Å². The molecule has 0 aromatic rings. The molecule has 4 aliphatic rings. The third-order valence-corrected chi connectivity index (χ3v) is 13.9. The van der Waals surface area contributed by atoms with Crippen molar-refractivity contribution in [3.63, 3.8) is 0 Å². The molecule has 0 heterocycles. The van der Waals surface area contributed by atoms with Crippen LogP contribution in [0.4, 0.5) is 0 Å². The first kappa shape index (κ1) is 35.2. The maximum absolute atomic E-state index is 12.8. The van der Waals surface area contributed by atoms with Crippen molar-refractivity contribution in [2.24, 2.45) is 58.0 Å². The first-order valence-electron chi connectivity index (χ1n) is 18.4. The average molecular weight is 604 g/mol. The van der Waals surface area contributed by atoms with Crippen molar-refractivity contribution in [1.29, 1.82) is 0 Å². The Kier molecular flexibility index (Phi) is 12.1. The molecule has 4 aliphatic carbocycles. The molecule has 0 spiro atoms. The van der Waals surface area contributed by atoms with E-state index in [9.17, 15) is 9.90 Å². The third kappa shape index (κ3) is 7.33. The Balaban J connectivity index is 1.49. The Labute approximate surface area is 264 Å². The number of esters is 1. The Hall–Kier alpha value is -0.690. The largest absolute Gasteiger partial charge is 0.462 e. The molecule has 6 heteroatoms. The quantitative estimate of drug-likeness (QED) is 0.123. The van der Waals surface area contributed by atoms with Crippen LogP contribution >= 0.6 is 0 Å². The number of ether oxygens (including phenoxy) is 1. The summed E-state index contributed by atoms with van der Waals surface area (Å²) < 4.78 is 5.76. The number of hydrogen-bond donors (Lipinski definition) is 4. The second-order valence-corrected chi connectivity index (χ2v) is 16.5. The molecule has 4 saturated carbocycles. The zero-order chi connectivity index (χ0) is 31.4. The van der Waals surface area contributed by atoms with Crippen molar-refractivity contribution in [2.75, 3.05) is 26.2 Å². The average Bonchev–Trinajstić information content (AvgIpc) is 3.31. The van der Waals surface area contributed by atoms with Crippen LogP contribution < -0.4 is 16.4 Å². The fraction of sp³-hybridized carbons (Fsp3) is 0.973. The molecule has 4 fully saturated rings. The van der Waals surface area contributed by atoms with Gasteiger partial charge in [-0.1, -0.05) is 54.4 Å². The van der Waals surface area contributed by atoms with Crippen LogP contribution in [0.3, 0.4) is 0 Å². The molecule has 5 N–H and O–H groups in total. The fourth-order valence-corrected chi connectivity index (χ4v) is 10.9. The van der Waals surface area contributed by atoms with Gasteiger partial charge in [-0.25, -0.2) is 0 Å². The van der Waals surface area contributed by atoms with Gasteiger partial charge in [-0.05, 0) is 137 Å². The van der Waals surface area contributed by atoms with Crippen LogP contribution in [0.2, 0.25) is 0 Å². The van der Waals surface area contributed by atoms with Crippen LogP contribution in [0.1, 0.15) is 132 Å². The number of rotatable bonds is 15. The minimum Gasteiger partial charge on any atom is -0.462 e. The molecule has 43 heavy (non-hydrogen) atoms. The minimum atomic E-state index is -0.849. The van der Waals surface area contributed by atoms with Gasteiger partial charge in [-0.15, -0.1) is 0 Å². The van der Waals surface area contributed by atoms with E-state index in [-0.39, 0.29) is 23.5 Å². The van der Waals surface area contributed by atoms with Crippen LogP contribution in [0.5, 0.6) is 0 Å². The van der Waals surface area contributed by atoms with Crippen molar-refractivity contribution in [3.8, 4) is 0 Å². The lowest BCUT2D eigenvalue weighted by molar-refractivity contribution is -0.237. The molecular formula is C37H69N3O3. The summed E-state index contributed by atoms with van der Waals surface area (Å²) in [6.07, 6.45) is 14.5. The van der Waals surface area contributed by atoms with Gasteiger partial charge >= 0.3 is 5.97 Å². The summed E-state index contributed by atoms with van der Waals surface area (Å²) in [5.74, 6) is 4.92. The van der Waals surface area contributed by atoms with Gasteiger partial charge in [0, 0.05) is 24.8 Å². The first-order valence-corrected chi connectivity index (χ1v) is 18.4. The maximum Gasteiger partial charge on any atom is 0.302 e. The van der Waals surface area contributed by atoms with Crippen LogP contribution in [0.25, 0.3) is 0 Å². The molecule has 0 aromatic heterocycles. The topological polar surface area (TPSA) is 96.6 Å². The molecule has 0 bridgehead atoms. The van der Waals surface area contributed by atoms with Crippen molar-refractivity contribution in [3.05, 3.63) is 0 Å². The summed E-state index contributed by atoms with van der Waals surface area (Å²) in [6.45, 7) is 20.0. The van der Waals surface area contributed by atoms with E-state index < -0.39 is 5.60 Å². The highest BCUT2D eigenvalue weighted by atomic mass is 16.5. The fourth-order valence-electron chi connectivity index (χ4n) is 10.9. The van der Waals surface area contributed by atoms with Crippen molar-refractivity contribution in [2.45, 2.75) is 150 Å². The second kappa shape index (κ2) is 14.8. The molecular weight excluding hydrogens is 534 g/mol. The molecule has 0 saturated heterocycles. The predicted molar refractivity (Wildman–Crippen MR) is 178 cm³/mol. The SMILES string of the molecule is CC(=O)O[C@H]1CC[C@]2(C)[C@H]3CC[C@]4(C)[C@@H]([C@H](C)CC[C@@H](C)C(C)C)CC[C@H]4[C@@H]3C[C@@H](NCCCCNCCCN)[C@@]2(O)C1. The van der Waals surface area contributed by atoms with Crippen molar-refractivity contribution >= 4 is 5.97 Å². The van der Waals surface area contributed by atoms with Gasteiger partial charge in [-0.2, -0.15) is 0 Å². The number of carbonyl (C=O) groups excluding carboxylic acids is 1. The summed E-state index contributed by atoms with van der Waals surface area (Å²) in [6, 6.07) is 0.0491. The van der Waals surface area contributed by atoms with Gasteiger partial charge in [0.1, 0.15) is 6.10 Å². The van der Waals surface area contributed by atoms with Crippen molar-refractivity contribution in [1.82, 2.24) is 10.6 Å². The Morgan fingerprint density at radius 2 is 1.67 bits per heavy atom. The van der Waals surface area contributed by atoms with Crippen LogP contribution in [0.15, 0.2) is 0 Å². The van der Waals surface area contributed by atoms with Crippen LogP contribution in [0, 0.1) is 52.3 Å². The smallest absolute Gasteiger partial charge is 0.302 e. The van der Waals surface area contributed by atoms with Gasteiger partial charge in [0.05, 0.1) is 5.60 Å². The second-order valence-electron chi connectivity index (χ2n) is 16.5. The number of nitrogens with one attached hydrogen (secondary N) is 2. The number of carbonyl (C=O) groups is 1. The molecule has 0 radical (unpaired) electrons. The zero-order valence-electron chi connectivity index (χ0n) is 29.1. The minimum absolute atomic E-state index is 0.0491. The zero-order valence-corrected chi connectivity index (χ0v) is 29.1. The molecule has 0 amide bonds. The third-order valence-electron chi connectivity index (χ3n) is 13.9. The maximum atomic E-state index is 12.8. The standard InChI is InChI=1S/C37H69N3O3/c1-25(2)26(3)11-12-27(4)31-13-14-32-30-23-34(40-22-9-8-20-39-21-10-19-38)37(42)24-29(43-28(5)41)15-18-36(37,7)33(30)16-17-35(31,32)6/h25-27,29-34,39-40,42H,8-24,38H2,1-7H3/t26-,27-,29+,30+,31-,32+,33+,34-,35-,36-,37+/m1/s1. The van der Waals surface area contributed by atoms with Gasteiger partial charge in [0.25, 0.3) is 0 Å². The molecule has 0 aliphatic heterocycles. The highest BCUT2D eigenvalue weighted by molar-refractivity contribution is 5.66. The summed E-state index contributed by atoms with van der Waals surface area (Å²) in [5.41, 5.74) is 5.05. The number of hydrogen-bond acceptors (Lipinski definition) is 6. The van der Waals surface area contributed by atoms with Crippen LogP contribution in [-0.4, -0.2) is 55.0 Å². The van der Waals surface area contributed by atoms with E-state index in [1.165, 1.54) is 45.4 Å². The highest BCUT2D eigenvalue weighted by Gasteiger charge is 2.67. The van der Waals surface area contributed by atoms with Gasteiger partial charge in [0.15, 0.2) is 0 Å². The van der Waals surface area contributed by atoms with E-state index >= 15 is 0 Å². The van der Waals surface area contributed by atoms with E-state index in [4.69, 9.17) is 10.5 Å². The lowest BCUT2D eigenvalue weighted by Crippen LogP contribution is -2.71. The molecule has 0 aromatic carbocycles. The molecule has 250 valence electrons. The Morgan fingerprint density at radius 3 is 2.37 bits per heavy atom. The predicted octanol–water partition coefficient (Wildman–Crippen LogP) is 6.69. The number of aliphatic hydroxyl groups is 1. The first-order chi connectivity index (χ1) is 20.4. The monoisotopic (exact) mass is 604 g/mol. The lowest BCUT2D eigenvalue weighted by Gasteiger charge is -2.66. The highest BCUT2D eigenvalue weighted by Crippen LogP contribution is 2.69. The molecule has 6 nitrogen and oxygen atoms in total. The Morgan fingerprint density at radius 1 is 0.953 bits per heavy atom. The number of nitrogens with two attached hydrogens (primary N) is 1. The summed E-state index contributed by atoms with van der Waals surface area (Å²) in [7, 11) is 0. The summed E-state index contributed by atoms with van der Waals surface area (Å²) in [5, 5.41) is 20.2.